The van der Waals surface area contributed by atoms with Gasteiger partial charge in [0, 0.05) is 19.2 Å². The molecule has 0 atom stereocenters. The van der Waals surface area contributed by atoms with Gasteiger partial charge >= 0.3 is 0 Å². The molecule has 1 aliphatic rings. The summed E-state index contributed by atoms with van der Waals surface area (Å²) in [7, 11) is 0. The number of hydrogen-bond acceptors (Lipinski definition) is 4. The van der Waals surface area contributed by atoms with Crippen LogP contribution in [0.25, 0.3) is 0 Å². The van der Waals surface area contributed by atoms with Crippen LogP contribution in [0.4, 0.5) is 5.69 Å². The Morgan fingerprint density at radius 1 is 1.60 bits per heavy atom. The predicted molar refractivity (Wildman–Crippen MR) is 56.7 cm³/mol. The second-order valence-electron chi connectivity index (χ2n) is 4.16. The van der Waals surface area contributed by atoms with Crippen molar-refractivity contribution in [1.29, 1.82) is 0 Å². The fraction of sp³-hybridized carbons (Fsp3) is 0.600. The number of nitrogens with one attached hydrogen (secondary N) is 2. The summed E-state index contributed by atoms with van der Waals surface area (Å²) in [5, 5.41) is 18.1. The summed E-state index contributed by atoms with van der Waals surface area (Å²) < 4.78 is 0. The molecule has 1 saturated carbocycles. The molecule has 1 fully saturated rings. The van der Waals surface area contributed by atoms with E-state index in [0.717, 1.165) is 31.5 Å². The molecule has 0 aliphatic heterocycles. The van der Waals surface area contributed by atoms with Gasteiger partial charge in [0.25, 0.3) is 5.56 Å². The average Bonchev–Trinajstić information content (AvgIpc) is 2.97. The highest BCUT2D eigenvalue weighted by molar-refractivity contribution is 5.39. The first kappa shape index (κ1) is 10.2. The van der Waals surface area contributed by atoms with Crippen molar-refractivity contribution in [3.8, 4) is 0 Å². The number of hydrogen-bond donors (Lipinski definition) is 3. The molecule has 0 aromatic carbocycles. The van der Waals surface area contributed by atoms with Gasteiger partial charge in [-0.15, -0.1) is 0 Å². The van der Waals surface area contributed by atoms with Gasteiger partial charge in [0.05, 0.1) is 11.9 Å². The molecule has 1 aromatic heterocycles. The van der Waals surface area contributed by atoms with Crippen LogP contribution in [0.1, 0.15) is 19.3 Å². The molecular formula is C10H15N3O2. The zero-order valence-corrected chi connectivity index (χ0v) is 8.49. The fourth-order valence-corrected chi connectivity index (χ4v) is 1.69. The number of nitrogens with zero attached hydrogens (tertiary/aromatic N) is 1. The molecule has 0 unspecified atom stereocenters. The largest absolute Gasteiger partial charge is 0.396 e. The van der Waals surface area contributed by atoms with Gasteiger partial charge in [-0.05, 0) is 24.7 Å². The van der Waals surface area contributed by atoms with Crippen LogP contribution < -0.4 is 10.9 Å². The van der Waals surface area contributed by atoms with Crippen LogP contribution in [-0.2, 0) is 0 Å². The smallest absolute Gasteiger partial charge is 0.266 e. The molecule has 5 heteroatoms. The molecule has 2 rings (SSSR count). The van der Waals surface area contributed by atoms with Crippen molar-refractivity contribution in [1.82, 2.24) is 10.2 Å². The maximum Gasteiger partial charge on any atom is 0.266 e. The third-order valence-corrected chi connectivity index (χ3v) is 2.93. The number of H-pyrrole nitrogens is 1. The van der Waals surface area contributed by atoms with E-state index in [4.69, 9.17) is 5.11 Å². The molecule has 0 bridgehead atoms. The van der Waals surface area contributed by atoms with E-state index in [1.807, 2.05) is 0 Å². The molecule has 15 heavy (non-hydrogen) atoms. The van der Waals surface area contributed by atoms with Crippen molar-refractivity contribution in [2.45, 2.75) is 19.3 Å². The number of aliphatic hydroxyl groups is 1. The van der Waals surface area contributed by atoms with Crippen LogP contribution in [0.3, 0.4) is 0 Å². The summed E-state index contributed by atoms with van der Waals surface area (Å²) in [6.07, 6.45) is 4.72. The molecular weight excluding hydrogens is 194 g/mol. The van der Waals surface area contributed by atoms with E-state index in [1.54, 1.807) is 6.20 Å². The van der Waals surface area contributed by atoms with Gasteiger partial charge in [0.15, 0.2) is 0 Å². The lowest BCUT2D eigenvalue weighted by Gasteiger charge is -2.14. The first-order valence-corrected chi connectivity index (χ1v) is 5.14. The van der Waals surface area contributed by atoms with Gasteiger partial charge < -0.3 is 10.4 Å². The van der Waals surface area contributed by atoms with Crippen molar-refractivity contribution in [3.63, 3.8) is 0 Å². The molecule has 3 N–H and O–H groups in total. The molecule has 1 aliphatic carbocycles. The van der Waals surface area contributed by atoms with Crippen molar-refractivity contribution in [2.24, 2.45) is 5.41 Å². The topological polar surface area (TPSA) is 78.0 Å². The molecule has 1 heterocycles. The quantitative estimate of drug-likeness (QED) is 0.653. The van der Waals surface area contributed by atoms with Crippen molar-refractivity contribution >= 4 is 5.69 Å². The van der Waals surface area contributed by atoms with E-state index in [-0.39, 0.29) is 17.6 Å². The van der Waals surface area contributed by atoms with Gasteiger partial charge in [0.1, 0.15) is 0 Å². The minimum atomic E-state index is -0.202. The number of anilines is 1. The van der Waals surface area contributed by atoms with Crippen LogP contribution in [0.2, 0.25) is 0 Å². The maximum atomic E-state index is 11.0. The van der Waals surface area contributed by atoms with Crippen molar-refractivity contribution in [3.05, 3.63) is 22.6 Å². The number of aromatic nitrogens is 2. The average molecular weight is 209 g/mol. The second kappa shape index (κ2) is 4.02. The van der Waals surface area contributed by atoms with E-state index in [2.05, 4.69) is 15.5 Å². The zero-order chi connectivity index (χ0) is 10.7. The number of rotatable bonds is 5. The minimum Gasteiger partial charge on any atom is -0.396 e. The van der Waals surface area contributed by atoms with Gasteiger partial charge in [-0.1, -0.05) is 0 Å². The monoisotopic (exact) mass is 209 g/mol. The van der Waals surface area contributed by atoms with Crippen LogP contribution in [0.15, 0.2) is 17.1 Å². The Morgan fingerprint density at radius 3 is 3.00 bits per heavy atom. The van der Waals surface area contributed by atoms with Gasteiger partial charge in [-0.3, -0.25) is 4.79 Å². The van der Waals surface area contributed by atoms with Gasteiger partial charge in [-0.2, -0.15) is 5.10 Å². The first-order chi connectivity index (χ1) is 7.24. The highest BCUT2D eigenvalue weighted by atomic mass is 16.3. The van der Waals surface area contributed by atoms with E-state index < -0.39 is 0 Å². The molecule has 0 radical (unpaired) electrons. The number of aliphatic hydroxyl groups excluding tert-OH is 1. The highest BCUT2D eigenvalue weighted by Gasteiger charge is 2.41. The fourth-order valence-electron chi connectivity index (χ4n) is 1.69. The molecule has 0 amide bonds. The van der Waals surface area contributed by atoms with E-state index >= 15 is 0 Å². The van der Waals surface area contributed by atoms with Crippen LogP contribution in [-0.4, -0.2) is 28.5 Å². The Labute approximate surface area is 87.5 Å². The molecule has 0 saturated heterocycles. The number of aromatic amines is 1. The maximum absolute atomic E-state index is 11.0. The lowest BCUT2D eigenvalue weighted by molar-refractivity contribution is 0.253. The summed E-state index contributed by atoms with van der Waals surface area (Å²) in [5.74, 6) is 0. The van der Waals surface area contributed by atoms with Crippen molar-refractivity contribution in [2.75, 3.05) is 18.5 Å². The third kappa shape index (κ3) is 2.56. The summed E-state index contributed by atoms with van der Waals surface area (Å²) in [6, 6.07) is 1.49. The van der Waals surface area contributed by atoms with Gasteiger partial charge in [0.2, 0.25) is 0 Å². The normalized spacial score (nSPS) is 17.4. The lowest BCUT2D eigenvalue weighted by atomic mass is 10.0. The van der Waals surface area contributed by atoms with Crippen molar-refractivity contribution < 1.29 is 5.11 Å². The van der Waals surface area contributed by atoms with Crippen LogP contribution >= 0.6 is 0 Å². The van der Waals surface area contributed by atoms with Gasteiger partial charge in [-0.25, -0.2) is 5.10 Å². The second-order valence-corrected chi connectivity index (χ2v) is 4.16. The minimum absolute atomic E-state index is 0.202. The molecule has 1 aromatic rings. The summed E-state index contributed by atoms with van der Waals surface area (Å²) in [5.41, 5.74) is 0.784. The van der Waals surface area contributed by atoms with Crippen LogP contribution in [0, 0.1) is 5.41 Å². The first-order valence-electron chi connectivity index (χ1n) is 5.14. The summed E-state index contributed by atoms with van der Waals surface area (Å²) in [4.78, 5) is 11.0. The molecule has 5 nitrogen and oxygen atoms in total. The molecule has 0 spiro atoms. The summed E-state index contributed by atoms with van der Waals surface area (Å²) >= 11 is 0. The van der Waals surface area contributed by atoms with E-state index in [9.17, 15) is 4.79 Å². The Bertz CT molecular complexity index is 384. The Balaban J connectivity index is 1.91. The predicted octanol–water partition coefficient (Wildman–Crippen LogP) is 0.344. The third-order valence-electron chi connectivity index (χ3n) is 2.93. The lowest BCUT2D eigenvalue weighted by Crippen LogP contribution is -2.18. The van der Waals surface area contributed by atoms with E-state index in [1.165, 1.54) is 6.07 Å². The Kier molecular flexibility index (Phi) is 2.73. The Morgan fingerprint density at radius 2 is 2.40 bits per heavy atom. The summed E-state index contributed by atoms with van der Waals surface area (Å²) in [6.45, 7) is 1.04. The Hall–Kier alpha value is -1.36. The van der Waals surface area contributed by atoms with Crippen LogP contribution in [0.5, 0.6) is 0 Å². The van der Waals surface area contributed by atoms with E-state index in [0.29, 0.717) is 0 Å². The standard InChI is InChI=1S/C10H15N3O2/c14-4-3-10(1-2-10)7-11-8-5-9(15)13-12-6-8/h5-6,14H,1-4,7H2,(H2,11,13,15). The molecule has 82 valence electrons. The zero-order valence-electron chi connectivity index (χ0n) is 8.49. The SMILES string of the molecule is O=c1cc(NCC2(CCO)CC2)cn[nH]1. The highest BCUT2D eigenvalue weighted by Crippen LogP contribution is 2.48.